The van der Waals surface area contributed by atoms with Crippen LogP contribution in [-0.2, 0) is 4.79 Å². The van der Waals surface area contributed by atoms with Crippen molar-refractivity contribution in [2.24, 2.45) is 11.8 Å². The van der Waals surface area contributed by atoms with Crippen molar-refractivity contribution in [3.05, 3.63) is 0 Å². The van der Waals surface area contributed by atoms with Crippen molar-refractivity contribution in [2.45, 2.75) is 63.8 Å². The minimum Gasteiger partial charge on any atom is -0.339 e. The smallest absolute Gasteiger partial charge is 0.222 e. The van der Waals surface area contributed by atoms with E-state index in [-0.39, 0.29) is 12.4 Å². The van der Waals surface area contributed by atoms with Crippen LogP contribution in [0.15, 0.2) is 0 Å². The summed E-state index contributed by atoms with van der Waals surface area (Å²) in [4.78, 5) is 14.7. The van der Waals surface area contributed by atoms with Crippen molar-refractivity contribution in [2.75, 3.05) is 19.6 Å². The number of hydrogen-bond acceptors (Lipinski definition) is 2. The van der Waals surface area contributed by atoms with Crippen molar-refractivity contribution in [1.82, 2.24) is 10.2 Å². The highest BCUT2D eigenvalue weighted by Gasteiger charge is 2.37. The van der Waals surface area contributed by atoms with Crippen LogP contribution in [0, 0.1) is 11.8 Å². The van der Waals surface area contributed by atoms with Gasteiger partial charge in [0.25, 0.3) is 0 Å². The molecule has 2 aliphatic heterocycles. The molecule has 1 N–H and O–H groups in total. The number of likely N-dealkylation sites (tertiary alicyclic amines) is 1. The molecule has 4 heteroatoms. The Morgan fingerprint density at radius 1 is 1.05 bits per heavy atom. The Bertz CT molecular complexity index is 318. The van der Waals surface area contributed by atoms with Gasteiger partial charge < -0.3 is 10.2 Å². The van der Waals surface area contributed by atoms with Crippen molar-refractivity contribution >= 4 is 18.3 Å². The number of hydrogen-bond donors (Lipinski definition) is 1. The lowest BCUT2D eigenvalue weighted by Crippen LogP contribution is -2.46. The van der Waals surface area contributed by atoms with Crippen LogP contribution in [0.1, 0.15) is 57.8 Å². The molecule has 3 nitrogen and oxygen atoms in total. The summed E-state index contributed by atoms with van der Waals surface area (Å²) >= 11 is 0. The molecule has 3 fully saturated rings. The molecule has 0 aromatic carbocycles. The van der Waals surface area contributed by atoms with E-state index in [1.54, 1.807) is 0 Å². The first-order valence-electron chi connectivity index (χ1n) is 8.35. The van der Waals surface area contributed by atoms with E-state index in [0.717, 1.165) is 44.3 Å². The number of nitrogens with zero attached hydrogens (tertiary/aromatic N) is 1. The SMILES string of the molecule is Cl.O=C(CCC1CCNCC1)N1CCCC2CCCC21. The first-order valence-corrected chi connectivity index (χ1v) is 8.35. The average Bonchev–Trinajstić information content (AvgIpc) is 2.94. The van der Waals surface area contributed by atoms with Crippen molar-refractivity contribution in [3.8, 4) is 0 Å². The summed E-state index contributed by atoms with van der Waals surface area (Å²) in [6, 6.07) is 0.606. The lowest BCUT2D eigenvalue weighted by Gasteiger charge is -2.38. The van der Waals surface area contributed by atoms with Crippen LogP contribution in [-0.4, -0.2) is 36.5 Å². The first kappa shape index (κ1) is 16.1. The first-order chi connectivity index (χ1) is 9.34. The van der Waals surface area contributed by atoms with Crippen LogP contribution in [0.3, 0.4) is 0 Å². The molecule has 116 valence electrons. The molecule has 1 aliphatic carbocycles. The second kappa shape index (κ2) is 7.65. The van der Waals surface area contributed by atoms with Gasteiger partial charge in [0.15, 0.2) is 0 Å². The molecular weight excluding hydrogens is 272 g/mol. The zero-order valence-electron chi connectivity index (χ0n) is 12.5. The monoisotopic (exact) mass is 300 g/mol. The molecule has 0 spiro atoms. The fraction of sp³-hybridized carbons (Fsp3) is 0.938. The van der Waals surface area contributed by atoms with E-state index in [9.17, 15) is 4.79 Å². The van der Waals surface area contributed by atoms with Crippen LogP contribution in [0.2, 0.25) is 0 Å². The quantitative estimate of drug-likeness (QED) is 0.869. The summed E-state index contributed by atoms with van der Waals surface area (Å²) in [6.07, 6.45) is 11.0. The molecule has 20 heavy (non-hydrogen) atoms. The molecule has 0 bridgehead atoms. The highest BCUT2D eigenvalue weighted by atomic mass is 35.5. The predicted octanol–water partition coefficient (Wildman–Crippen LogP) is 2.98. The van der Waals surface area contributed by atoms with Gasteiger partial charge in [0.05, 0.1) is 0 Å². The molecule has 2 unspecified atom stereocenters. The normalized spacial score (nSPS) is 30.7. The number of carbonyl (C=O) groups is 1. The van der Waals surface area contributed by atoms with Gasteiger partial charge in [-0.15, -0.1) is 12.4 Å². The van der Waals surface area contributed by atoms with Gasteiger partial charge in [-0.25, -0.2) is 0 Å². The molecule has 3 aliphatic rings. The Labute approximate surface area is 129 Å². The fourth-order valence-corrected chi connectivity index (χ4v) is 4.41. The third kappa shape index (κ3) is 3.67. The lowest BCUT2D eigenvalue weighted by atomic mass is 9.90. The summed E-state index contributed by atoms with van der Waals surface area (Å²) in [5, 5.41) is 3.40. The maximum atomic E-state index is 12.5. The summed E-state index contributed by atoms with van der Waals surface area (Å²) in [5.41, 5.74) is 0. The van der Waals surface area contributed by atoms with Gasteiger partial charge in [0.1, 0.15) is 0 Å². The maximum absolute atomic E-state index is 12.5. The Morgan fingerprint density at radius 2 is 1.80 bits per heavy atom. The summed E-state index contributed by atoms with van der Waals surface area (Å²) < 4.78 is 0. The summed E-state index contributed by atoms with van der Waals surface area (Å²) in [6.45, 7) is 3.33. The average molecular weight is 301 g/mol. The summed E-state index contributed by atoms with van der Waals surface area (Å²) in [7, 11) is 0. The molecule has 1 amide bonds. The molecule has 0 aromatic heterocycles. The fourth-order valence-electron chi connectivity index (χ4n) is 4.41. The molecular formula is C16H29ClN2O. The van der Waals surface area contributed by atoms with Gasteiger partial charge in [0, 0.05) is 19.0 Å². The zero-order valence-corrected chi connectivity index (χ0v) is 13.3. The minimum atomic E-state index is 0. The number of piperidine rings is 2. The maximum Gasteiger partial charge on any atom is 0.222 e. The lowest BCUT2D eigenvalue weighted by molar-refractivity contribution is -0.136. The van der Waals surface area contributed by atoms with Crippen LogP contribution in [0.25, 0.3) is 0 Å². The Balaban J connectivity index is 0.00000147. The Hall–Kier alpha value is -0.280. The molecule has 0 radical (unpaired) electrons. The largest absolute Gasteiger partial charge is 0.339 e. The van der Waals surface area contributed by atoms with Gasteiger partial charge in [-0.1, -0.05) is 6.42 Å². The van der Waals surface area contributed by atoms with Crippen LogP contribution < -0.4 is 5.32 Å². The van der Waals surface area contributed by atoms with E-state index < -0.39 is 0 Å². The second-order valence-electron chi connectivity index (χ2n) is 6.72. The molecule has 0 aromatic rings. The van der Waals surface area contributed by atoms with Crippen LogP contribution >= 0.6 is 12.4 Å². The highest BCUT2D eigenvalue weighted by Crippen LogP contribution is 2.37. The van der Waals surface area contributed by atoms with Crippen molar-refractivity contribution < 1.29 is 4.79 Å². The molecule has 2 atom stereocenters. The van der Waals surface area contributed by atoms with Gasteiger partial charge in [-0.05, 0) is 69.9 Å². The number of nitrogens with one attached hydrogen (secondary N) is 1. The van der Waals surface area contributed by atoms with E-state index in [2.05, 4.69) is 10.2 Å². The zero-order chi connectivity index (χ0) is 13.1. The van der Waals surface area contributed by atoms with E-state index >= 15 is 0 Å². The van der Waals surface area contributed by atoms with Gasteiger partial charge in [-0.3, -0.25) is 4.79 Å². The number of carbonyl (C=O) groups excluding carboxylic acids is 1. The predicted molar refractivity (Wildman–Crippen MR) is 84.2 cm³/mol. The van der Waals surface area contributed by atoms with E-state index in [1.807, 2.05) is 0 Å². The highest BCUT2D eigenvalue weighted by molar-refractivity contribution is 5.85. The molecule has 2 saturated heterocycles. The number of amides is 1. The number of halogens is 1. The second-order valence-corrected chi connectivity index (χ2v) is 6.72. The number of fused-ring (bicyclic) bond motifs is 1. The van der Waals surface area contributed by atoms with Gasteiger partial charge in [-0.2, -0.15) is 0 Å². The molecule has 1 saturated carbocycles. The molecule has 3 rings (SSSR count). The standard InChI is InChI=1S/C16H28N2O.ClH/c19-16(7-6-13-8-10-17-11-9-13)18-12-2-4-14-3-1-5-15(14)18;/h13-15,17H,1-12H2;1H. The van der Waals surface area contributed by atoms with E-state index in [0.29, 0.717) is 11.9 Å². The van der Waals surface area contributed by atoms with Crippen molar-refractivity contribution in [3.63, 3.8) is 0 Å². The Morgan fingerprint density at radius 3 is 2.60 bits per heavy atom. The minimum absolute atomic E-state index is 0. The summed E-state index contributed by atoms with van der Waals surface area (Å²) in [5.74, 6) is 2.07. The molecule has 2 heterocycles. The Kier molecular flexibility index (Phi) is 6.16. The van der Waals surface area contributed by atoms with E-state index in [1.165, 1.54) is 44.9 Å². The number of rotatable bonds is 3. The van der Waals surface area contributed by atoms with E-state index in [4.69, 9.17) is 0 Å². The topological polar surface area (TPSA) is 32.3 Å². The third-order valence-electron chi connectivity index (χ3n) is 5.54. The van der Waals surface area contributed by atoms with Crippen LogP contribution in [0.4, 0.5) is 0 Å². The van der Waals surface area contributed by atoms with Gasteiger partial charge >= 0.3 is 0 Å². The van der Waals surface area contributed by atoms with Gasteiger partial charge in [0.2, 0.25) is 5.91 Å². The van der Waals surface area contributed by atoms with Crippen molar-refractivity contribution in [1.29, 1.82) is 0 Å². The van der Waals surface area contributed by atoms with Crippen LogP contribution in [0.5, 0.6) is 0 Å². The third-order valence-corrected chi connectivity index (χ3v) is 5.54.